The molecule has 0 saturated heterocycles. The van der Waals surface area contributed by atoms with Gasteiger partial charge in [0.2, 0.25) is 0 Å². The van der Waals surface area contributed by atoms with Gasteiger partial charge in [0.15, 0.2) is 0 Å². The Morgan fingerprint density at radius 2 is 1.63 bits per heavy atom. The Labute approximate surface area is 159 Å². The van der Waals surface area contributed by atoms with Crippen molar-refractivity contribution in [1.82, 2.24) is 24.3 Å². The monoisotopic (exact) mass is 357 g/mol. The van der Waals surface area contributed by atoms with Crippen LogP contribution < -0.4 is 0 Å². The smallest absolute Gasteiger partial charge is 0.137 e. The number of hydrogen-bond acceptors (Lipinski definition) is 3. The quantitative estimate of drug-likeness (QED) is 0.498. The first kappa shape index (κ1) is 17.2. The van der Waals surface area contributed by atoms with Crippen LogP contribution in [0, 0.1) is 0 Å². The number of rotatable bonds is 7. The molecule has 5 heteroatoms. The first-order valence-electron chi connectivity index (χ1n) is 9.28. The number of nitrogens with zero attached hydrogens (tertiary/aromatic N) is 5. The van der Waals surface area contributed by atoms with E-state index in [1.54, 1.807) is 12.7 Å². The molecule has 4 rings (SSSR count). The Balaban J connectivity index is 1.63. The van der Waals surface area contributed by atoms with Gasteiger partial charge in [-0.3, -0.25) is 0 Å². The maximum Gasteiger partial charge on any atom is 0.137 e. The summed E-state index contributed by atoms with van der Waals surface area (Å²) in [4.78, 5) is 8.81. The molecule has 0 aliphatic rings. The molecule has 0 amide bonds. The largest absolute Gasteiger partial charge is 0.332 e. The molecule has 0 aliphatic carbocycles. The van der Waals surface area contributed by atoms with Crippen molar-refractivity contribution in [1.29, 1.82) is 0 Å². The summed E-state index contributed by atoms with van der Waals surface area (Å²) in [5.74, 6) is 0. The summed E-state index contributed by atoms with van der Waals surface area (Å²) in [6.45, 7) is 2.96. The lowest BCUT2D eigenvalue weighted by atomic mass is 10.0. The molecule has 2 heterocycles. The van der Waals surface area contributed by atoms with Crippen molar-refractivity contribution >= 4 is 0 Å². The van der Waals surface area contributed by atoms with Gasteiger partial charge < -0.3 is 4.57 Å². The van der Waals surface area contributed by atoms with E-state index in [1.165, 1.54) is 11.3 Å². The number of imidazole rings is 1. The van der Waals surface area contributed by atoms with E-state index in [4.69, 9.17) is 4.98 Å². The van der Waals surface area contributed by atoms with Crippen molar-refractivity contribution in [2.75, 3.05) is 0 Å². The summed E-state index contributed by atoms with van der Waals surface area (Å²) in [7, 11) is 0. The normalized spacial score (nSPS) is 12.2. The second-order valence-electron chi connectivity index (χ2n) is 6.77. The lowest BCUT2D eigenvalue weighted by Crippen LogP contribution is -2.15. The highest BCUT2D eigenvalue weighted by molar-refractivity contribution is 5.61. The molecule has 0 saturated carbocycles. The van der Waals surface area contributed by atoms with Gasteiger partial charge in [0.25, 0.3) is 0 Å². The first-order chi connectivity index (χ1) is 13.3. The number of aryl methyl sites for hydroxylation is 1. The predicted octanol–water partition coefficient (Wildman–Crippen LogP) is 4.19. The summed E-state index contributed by atoms with van der Waals surface area (Å²) >= 11 is 0. The van der Waals surface area contributed by atoms with Crippen LogP contribution in [-0.2, 0) is 19.4 Å². The van der Waals surface area contributed by atoms with Crippen LogP contribution in [0.3, 0.4) is 0 Å². The minimum atomic E-state index is 0.209. The van der Waals surface area contributed by atoms with E-state index in [-0.39, 0.29) is 6.04 Å². The van der Waals surface area contributed by atoms with Crippen LogP contribution in [0.15, 0.2) is 79.6 Å². The van der Waals surface area contributed by atoms with Gasteiger partial charge in [-0.15, -0.1) is 0 Å². The second kappa shape index (κ2) is 7.99. The van der Waals surface area contributed by atoms with Crippen LogP contribution in [0.1, 0.15) is 24.2 Å². The van der Waals surface area contributed by atoms with Crippen LogP contribution in [0.2, 0.25) is 0 Å². The van der Waals surface area contributed by atoms with Crippen LogP contribution in [0.5, 0.6) is 0 Å². The zero-order valence-corrected chi connectivity index (χ0v) is 15.4. The molecule has 0 unspecified atom stereocenters. The van der Waals surface area contributed by atoms with Gasteiger partial charge in [0.05, 0.1) is 18.1 Å². The maximum atomic E-state index is 4.75. The molecule has 0 spiro atoms. The second-order valence-corrected chi connectivity index (χ2v) is 6.77. The van der Waals surface area contributed by atoms with Gasteiger partial charge >= 0.3 is 0 Å². The zero-order valence-electron chi connectivity index (χ0n) is 15.4. The topological polar surface area (TPSA) is 48.5 Å². The molecule has 136 valence electrons. The number of aromatic nitrogens is 5. The fourth-order valence-electron chi connectivity index (χ4n) is 3.38. The minimum absolute atomic E-state index is 0.209. The van der Waals surface area contributed by atoms with E-state index in [0.29, 0.717) is 0 Å². The van der Waals surface area contributed by atoms with Crippen LogP contribution in [0.4, 0.5) is 0 Å². The molecular formula is C22H23N5. The molecular weight excluding hydrogens is 334 g/mol. The summed E-state index contributed by atoms with van der Waals surface area (Å²) < 4.78 is 4.15. The predicted molar refractivity (Wildman–Crippen MR) is 106 cm³/mol. The molecule has 0 N–H and O–H groups in total. The molecule has 0 aliphatic heterocycles. The van der Waals surface area contributed by atoms with Gasteiger partial charge in [-0.05, 0) is 25.3 Å². The van der Waals surface area contributed by atoms with Gasteiger partial charge in [-0.1, -0.05) is 60.7 Å². The molecule has 2 aromatic heterocycles. The molecule has 0 bridgehead atoms. The third-order valence-electron chi connectivity index (χ3n) is 4.84. The summed E-state index contributed by atoms with van der Waals surface area (Å²) in [6.07, 6.45) is 7.23. The number of hydrogen-bond donors (Lipinski definition) is 0. The van der Waals surface area contributed by atoms with Gasteiger partial charge in [0.1, 0.15) is 12.7 Å². The van der Waals surface area contributed by atoms with E-state index < -0.39 is 0 Å². The molecule has 0 radical (unpaired) electrons. The Hall–Kier alpha value is -3.21. The standard InChI is InChI=1S/C22H23N5/c1-18(27-16-23-15-25-27)14-26-17-24-22(20-10-6-3-7-11-20)21(26)13-12-19-8-4-2-5-9-19/h2-11,15-18H,12-14H2,1H3/t18-/m1/s1. The van der Waals surface area contributed by atoms with E-state index in [1.807, 2.05) is 17.1 Å². The highest BCUT2D eigenvalue weighted by Gasteiger charge is 2.15. The summed E-state index contributed by atoms with van der Waals surface area (Å²) in [6, 6.07) is 21.2. The minimum Gasteiger partial charge on any atom is -0.332 e. The van der Waals surface area contributed by atoms with Gasteiger partial charge in [-0.25, -0.2) is 14.6 Å². The van der Waals surface area contributed by atoms with Gasteiger partial charge in [-0.2, -0.15) is 5.10 Å². The van der Waals surface area contributed by atoms with Crippen molar-refractivity contribution < 1.29 is 0 Å². The Morgan fingerprint density at radius 3 is 2.33 bits per heavy atom. The summed E-state index contributed by atoms with van der Waals surface area (Å²) in [5, 5.41) is 4.27. The van der Waals surface area contributed by atoms with Crippen LogP contribution >= 0.6 is 0 Å². The lowest BCUT2D eigenvalue weighted by molar-refractivity contribution is 0.419. The third-order valence-corrected chi connectivity index (χ3v) is 4.84. The van der Waals surface area contributed by atoms with E-state index in [2.05, 4.69) is 76.2 Å². The Morgan fingerprint density at radius 1 is 0.889 bits per heavy atom. The van der Waals surface area contributed by atoms with Crippen molar-refractivity contribution in [2.45, 2.75) is 32.4 Å². The molecule has 4 aromatic rings. The molecule has 1 atom stereocenters. The SMILES string of the molecule is C[C@H](Cn1cnc(-c2ccccc2)c1CCc1ccccc1)n1cncn1. The zero-order chi connectivity index (χ0) is 18.5. The van der Waals surface area contributed by atoms with Crippen LogP contribution in [0.25, 0.3) is 11.3 Å². The average Bonchev–Trinajstić information content (AvgIpc) is 3.38. The van der Waals surface area contributed by atoms with E-state index in [9.17, 15) is 0 Å². The van der Waals surface area contributed by atoms with E-state index >= 15 is 0 Å². The van der Waals surface area contributed by atoms with Crippen molar-refractivity contribution in [3.05, 3.63) is 90.9 Å². The van der Waals surface area contributed by atoms with Crippen molar-refractivity contribution in [2.24, 2.45) is 0 Å². The van der Waals surface area contributed by atoms with Gasteiger partial charge in [0, 0.05) is 17.8 Å². The molecule has 27 heavy (non-hydrogen) atoms. The fourth-order valence-corrected chi connectivity index (χ4v) is 3.38. The number of benzene rings is 2. The highest BCUT2D eigenvalue weighted by atomic mass is 15.3. The maximum absolute atomic E-state index is 4.75. The molecule has 0 fully saturated rings. The first-order valence-corrected chi connectivity index (χ1v) is 9.28. The average molecular weight is 357 g/mol. The Bertz CT molecular complexity index is 959. The van der Waals surface area contributed by atoms with Crippen molar-refractivity contribution in [3.8, 4) is 11.3 Å². The summed E-state index contributed by atoms with van der Waals surface area (Å²) in [5.41, 5.74) is 4.83. The third kappa shape index (κ3) is 3.97. The van der Waals surface area contributed by atoms with Crippen LogP contribution in [-0.4, -0.2) is 24.3 Å². The molecule has 2 aromatic carbocycles. The molecule has 5 nitrogen and oxygen atoms in total. The van der Waals surface area contributed by atoms with E-state index in [0.717, 1.165) is 30.6 Å². The van der Waals surface area contributed by atoms with Crippen molar-refractivity contribution in [3.63, 3.8) is 0 Å². The Kier molecular flexibility index (Phi) is 5.10. The highest BCUT2D eigenvalue weighted by Crippen LogP contribution is 2.24. The lowest BCUT2D eigenvalue weighted by Gasteiger charge is -2.16. The fraction of sp³-hybridized carbons (Fsp3) is 0.227.